The predicted molar refractivity (Wildman–Crippen MR) is 83.8 cm³/mol. The molecule has 1 heterocycles. The number of rotatable bonds is 4. The van der Waals surface area contributed by atoms with Crippen LogP contribution >= 0.6 is 12.2 Å². The van der Waals surface area contributed by atoms with Crippen molar-refractivity contribution in [3.63, 3.8) is 0 Å². The lowest BCUT2D eigenvalue weighted by Gasteiger charge is -2.38. The second-order valence-corrected chi connectivity index (χ2v) is 6.29. The second-order valence-electron chi connectivity index (χ2n) is 5.85. The first-order valence-corrected chi connectivity index (χ1v) is 7.22. The molecule has 0 aromatic heterocycles. The van der Waals surface area contributed by atoms with E-state index in [0.717, 1.165) is 24.2 Å². The molecule has 3 N–H and O–H groups in total. The summed E-state index contributed by atoms with van der Waals surface area (Å²) >= 11 is 4.92. The minimum absolute atomic E-state index is 0.145. The zero-order chi connectivity index (χ0) is 14.8. The molecule has 1 aliphatic rings. The van der Waals surface area contributed by atoms with Gasteiger partial charge in [0.2, 0.25) is 0 Å². The molecule has 0 aliphatic carbocycles. The van der Waals surface area contributed by atoms with Crippen LogP contribution in [0.4, 0.5) is 0 Å². The number of nitrogens with two attached hydrogens (primary N) is 1. The third-order valence-electron chi connectivity index (χ3n) is 3.52. The third kappa shape index (κ3) is 3.99. The first-order chi connectivity index (χ1) is 9.37. The molecule has 0 saturated carbocycles. The van der Waals surface area contributed by atoms with Crippen LogP contribution in [0.25, 0.3) is 0 Å². The summed E-state index contributed by atoms with van der Waals surface area (Å²) in [5.41, 5.74) is 7.13. The lowest BCUT2D eigenvalue weighted by Crippen LogP contribution is -2.49. The monoisotopic (exact) mass is 294 g/mol. The van der Waals surface area contributed by atoms with Crippen molar-refractivity contribution in [2.75, 3.05) is 26.2 Å². The number of nitrogens with zero attached hydrogens (tertiary/aromatic N) is 1. The van der Waals surface area contributed by atoms with E-state index < -0.39 is 6.10 Å². The third-order valence-corrected chi connectivity index (χ3v) is 3.75. The first-order valence-electron chi connectivity index (χ1n) is 6.81. The molecular weight excluding hydrogens is 272 g/mol. The maximum Gasteiger partial charge on any atom is 0.103 e. The number of hydrogen-bond donors (Lipinski definition) is 2. The van der Waals surface area contributed by atoms with Crippen LogP contribution in [0, 0.1) is 0 Å². The number of hydrogen-bond acceptors (Lipinski definition) is 4. The molecule has 2 rings (SSSR count). The summed E-state index contributed by atoms with van der Waals surface area (Å²) in [4.78, 5) is 2.61. The van der Waals surface area contributed by atoms with Crippen molar-refractivity contribution >= 4 is 17.2 Å². The molecular formula is C15H22N2O2S. The van der Waals surface area contributed by atoms with Crippen LogP contribution in [0.2, 0.25) is 0 Å². The Labute approximate surface area is 125 Å². The van der Waals surface area contributed by atoms with E-state index >= 15 is 0 Å². The van der Waals surface area contributed by atoms with Crippen LogP contribution in [0.15, 0.2) is 24.3 Å². The number of benzene rings is 1. The van der Waals surface area contributed by atoms with E-state index in [9.17, 15) is 5.11 Å². The quantitative estimate of drug-likeness (QED) is 0.824. The number of morpholine rings is 1. The van der Waals surface area contributed by atoms with E-state index in [0.29, 0.717) is 18.1 Å². The van der Waals surface area contributed by atoms with E-state index in [1.54, 1.807) is 0 Å². The molecule has 1 aromatic carbocycles. The Kier molecular flexibility index (Phi) is 4.75. The highest BCUT2D eigenvalue weighted by Crippen LogP contribution is 2.20. The number of aliphatic hydroxyl groups is 1. The standard InChI is InChI=1S/C15H22N2O2S/c1-15(2)10-17(7-8-19-15)9-13(18)11-3-5-12(6-4-11)14(16)20/h3-6,13,18H,7-10H2,1-2H3,(H2,16,20). The van der Waals surface area contributed by atoms with Crippen LogP contribution in [0.1, 0.15) is 31.1 Å². The molecule has 1 aromatic rings. The van der Waals surface area contributed by atoms with E-state index in [1.165, 1.54) is 0 Å². The number of thiocarbonyl (C=S) groups is 1. The maximum atomic E-state index is 10.3. The Morgan fingerprint density at radius 1 is 1.45 bits per heavy atom. The minimum atomic E-state index is -0.510. The number of β-amino-alcohol motifs (C(OH)–C–C–N with tert-alkyl or cyclic N) is 1. The zero-order valence-electron chi connectivity index (χ0n) is 12.0. The van der Waals surface area contributed by atoms with Crippen LogP contribution in [-0.4, -0.2) is 46.8 Å². The fourth-order valence-electron chi connectivity index (χ4n) is 2.49. The summed E-state index contributed by atoms with van der Waals surface area (Å²) < 4.78 is 5.67. The Bertz CT molecular complexity index is 473. The lowest BCUT2D eigenvalue weighted by molar-refractivity contribution is -0.0932. The molecule has 1 aliphatic heterocycles. The van der Waals surface area contributed by atoms with Crippen LogP contribution in [-0.2, 0) is 4.74 Å². The molecule has 0 amide bonds. The molecule has 5 heteroatoms. The van der Waals surface area contributed by atoms with Gasteiger partial charge in [-0.1, -0.05) is 36.5 Å². The average molecular weight is 294 g/mol. The Morgan fingerprint density at radius 3 is 2.65 bits per heavy atom. The van der Waals surface area contributed by atoms with Gasteiger partial charge in [-0.2, -0.15) is 0 Å². The van der Waals surface area contributed by atoms with E-state index in [1.807, 2.05) is 24.3 Å². The molecule has 4 nitrogen and oxygen atoms in total. The van der Waals surface area contributed by atoms with Crippen molar-refractivity contribution in [1.82, 2.24) is 4.90 Å². The molecule has 0 spiro atoms. The summed E-state index contributed by atoms with van der Waals surface area (Å²) in [5, 5.41) is 10.3. The summed E-state index contributed by atoms with van der Waals surface area (Å²) in [7, 11) is 0. The van der Waals surface area contributed by atoms with Crippen LogP contribution in [0.3, 0.4) is 0 Å². The van der Waals surface area contributed by atoms with Crippen molar-refractivity contribution in [3.8, 4) is 0 Å². The van der Waals surface area contributed by atoms with Crippen molar-refractivity contribution in [2.24, 2.45) is 5.73 Å². The second kappa shape index (κ2) is 6.18. The van der Waals surface area contributed by atoms with Crippen molar-refractivity contribution < 1.29 is 9.84 Å². The van der Waals surface area contributed by atoms with Gasteiger partial charge in [0.05, 0.1) is 18.3 Å². The Balaban J connectivity index is 1.97. The Morgan fingerprint density at radius 2 is 2.10 bits per heavy atom. The van der Waals surface area contributed by atoms with Crippen molar-refractivity contribution in [2.45, 2.75) is 25.6 Å². The van der Waals surface area contributed by atoms with Crippen molar-refractivity contribution in [1.29, 1.82) is 0 Å². The van der Waals surface area contributed by atoms with E-state index in [2.05, 4.69) is 18.7 Å². The van der Waals surface area contributed by atoms with Gasteiger partial charge in [0.15, 0.2) is 0 Å². The van der Waals surface area contributed by atoms with Gasteiger partial charge < -0.3 is 15.6 Å². The van der Waals surface area contributed by atoms with Gasteiger partial charge in [0, 0.05) is 25.2 Å². The van der Waals surface area contributed by atoms with Crippen LogP contribution in [0.5, 0.6) is 0 Å². The summed E-state index contributed by atoms with van der Waals surface area (Å²) in [5.74, 6) is 0. The molecule has 1 fully saturated rings. The highest BCUT2D eigenvalue weighted by molar-refractivity contribution is 7.80. The first kappa shape index (κ1) is 15.4. The predicted octanol–water partition coefficient (Wildman–Crippen LogP) is 1.47. The minimum Gasteiger partial charge on any atom is -0.389 e. The molecule has 1 saturated heterocycles. The molecule has 1 unspecified atom stereocenters. The van der Waals surface area contributed by atoms with Crippen molar-refractivity contribution in [3.05, 3.63) is 35.4 Å². The van der Waals surface area contributed by atoms with Gasteiger partial charge in [0.25, 0.3) is 0 Å². The topological polar surface area (TPSA) is 58.7 Å². The van der Waals surface area contributed by atoms with Gasteiger partial charge >= 0.3 is 0 Å². The molecule has 1 atom stereocenters. The fraction of sp³-hybridized carbons (Fsp3) is 0.533. The average Bonchev–Trinajstić information content (AvgIpc) is 2.37. The van der Waals surface area contributed by atoms with Gasteiger partial charge in [-0.3, -0.25) is 4.90 Å². The molecule has 110 valence electrons. The zero-order valence-corrected chi connectivity index (χ0v) is 12.8. The van der Waals surface area contributed by atoms with Gasteiger partial charge in [-0.05, 0) is 19.4 Å². The number of ether oxygens (including phenoxy) is 1. The van der Waals surface area contributed by atoms with E-state index in [-0.39, 0.29) is 5.60 Å². The summed E-state index contributed by atoms with van der Waals surface area (Å²) in [6.45, 7) is 7.14. The summed E-state index contributed by atoms with van der Waals surface area (Å²) in [6, 6.07) is 7.46. The van der Waals surface area contributed by atoms with Crippen LogP contribution < -0.4 is 5.73 Å². The highest BCUT2D eigenvalue weighted by Gasteiger charge is 2.28. The summed E-state index contributed by atoms with van der Waals surface area (Å²) in [6.07, 6.45) is -0.510. The fourth-order valence-corrected chi connectivity index (χ4v) is 2.63. The van der Waals surface area contributed by atoms with Gasteiger partial charge in [0.1, 0.15) is 4.99 Å². The number of aliphatic hydroxyl groups excluding tert-OH is 1. The normalized spacial score (nSPS) is 20.6. The molecule has 0 radical (unpaired) electrons. The highest BCUT2D eigenvalue weighted by atomic mass is 32.1. The molecule has 0 bridgehead atoms. The SMILES string of the molecule is CC1(C)CN(CC(O)c2ccc(C(N)=S)cc2)CCO1. The smallest absolute Gasteiger partial charge is 0.103 e. The molecule has 20 heavy (non-hydrogen) atoms. The lowest BCUT2D eigenvalue weighted by atomic mass is 10.0. The van der Waals surface area contributed by atoms with E-state index in [4.69, 9.17) is 22.7 Å². The van der Waals surface area contributed by atoms with Gasteiger partial charge in [-0.25, -0.2) is 0 Å². The Hall–Kier alpha value is -1.01. The maximum absolute atomic E-state index is 10.3. The largest absolute Gasteiger partial charge is 0.389 e. The van der Waals surface area contributed by atoms with Gasteiger partial charge in [-0.15, -0.1) is 0 Å².